The lowest BCUT2D eigenvalue weighted by atomic mass is 10.2. The Morgan fingerprint density at radius 1 is 1.27 bits per heavy atom. The lowest BCUT2D eigenvalue weighted by molar-refractivity contribution is -0.393. The Morgan fingerprint density at radius 3 is 2.59 bits per heavy atom. The number of anilines is 1. The summed E-state index contributed by atoms with van der Waals surface area (Å²) >= 11 is 0. The summed E-state index contributed by atoms with van der Waals surface area (Å²) in [6, 6.07) is 3.02. The number of hydrogen-bond acceptors (Lipinski definition) is 6. The number of nitrogens with zero attached hydrogens (tertiary/aromatic N) is 4. The Balaban J connectivity index is 2.24. The van der Waals surface area contributed by atoms with Crippen molar-refractivity contribution >= 4 is 17.1 Å². The molecule has 0 saturated carbocycles. The summed E-state index contributed by atoms with van der Waals surface area (Å²) in [5.74, 6) is -0.0253. The van der Waals surface area contributed by atoms with E-state index in [1.54, 1.807) is 0 Å². The molecule has 116 valence electrons. The zero-order valence-corrected chi connectivity index (χ0v) is 10.8. The van der Waals surface area contributed by atoms with Crippen LogP contribution in [-0.4, -0.2) is 19.4 Å². The van der Waals surface area contributed by atoms with Crippen LogP contribution in [0.5, 0.6) is 0 Å². The van der Waals surface area contributed by atoms with Crippen LogP contribution in [0.4, 0.5) is 25.8 Å². The SMILES string of the molecule is O=[N+]([O-])c1ccc(NCc2nccn2C(F)F)c([N+](=O)[O-])c1. The van der Waals surface area contributed by atoms with E-state index in [9.17, 15) is 29.0 Å². The monoisotopic (exact) mass is 313 g/mol. The van der Waals surface area contributed by atoms with E-state index in [0.29, 0.717) is 4.57 Å². The van der Waals surface area contributed by atoms with Crippen LogP contribution >= 0.6 is 0 Å². The highest BCUT2D eigenvalue weighted by Gasteiger charge is 2.20. The number of alkyl halides is 2. The van der Waals surface area contributed by atoms with E-state index >= 15 is 0 Å². The smallest absolute Gasteiger partial charge is 0.319 e. The summed E-state index contributed by atoms with van der Waals surface area (Å²) in [6.45, 7) is -2.98. The molecule has 0 fully saturated rings. The van der Waals surface area contributed by atoms with E-state index in [4.69, 9.17) is 0 Å². The third-order valence-electron chi connectivity index (χ3n) is 2.78. The number of aromatic nitrogens is 2. The fourth-order valence-corrected chi connectivity index (χ4v) is 1.77. The lowest BCUT2D eigenvalue weighted by Crippen LogP contribution is -2.10. The highest BCUT2D eigenvalue weighted by Crippen LogP contribution is 2.29. The molecule has 0 aliphatic carbocycles. The van der Waals surface area contributed by atoms with E-state index in [1.807, 2.05) is 0 Å². The molecule has 2 rings (SSSR count). The van der Waals surface area contributed by atoms with Crippen LogP contribution < -0.4 is 5.32 Å². The largest absolute Gasteiger partial charge is 0.372 e. The molecule has 1 heterocycles. The molecule has 0 spiro atoms. The van der Waals surface area contributed by atoms with Gasteiger partial charge < -0.3 is 5.32 Å². The van der Waals surface area contributed by atoms with Crippen LogP contribution in [0, 0.1) is 20.2 Å². The van der Waals surface area contributed by atoms with E-state index in [2.05, 4.69) is 10.3 Å². The maximum absolute atomic E-state index is 12.6. The molecular weight excluding hydrogens is 304 g/mol. The number of nitro groups is 2. The molecular formula is C11H9F2N5O4. The average molecular weight is 313 g/mol. The Labute approximate surface area is 121 Å². The molecule has 1 aromatic carbocycles. The quantitative estimate of drug-likeness (QED) is 0.647. The van der Waals surface area contributed by atoms with Crippen LogP contribution in [0.2, 0.25) is 0 Å². The third-order valence-corrected chi connectivity index (χ3v) is 2.78. The van der Waals surface area contributed by atoms with Crippen molar-refractivity contribution in [1.29, 1.82) is 0 Å². The summed E-state index contributed by atoms with van der Waals surface area (Å²) in [6.07, 6.45) is 2.25. The maximum atomic E-state index is 12.6. The van der Waals surface area contributed by atoms with E-state index in [-0.39, 0.29) is 18.1 Å². The summed E-state index contributed by atoms with van der Waals surface area (Å²) in [7, 11) is 0. The molecule has 1 N–H and O–H groups in total. The predicted octanol–water partition coefficient (Wildman–Crippen LogP) is 2.71. The Bertz CT molecular complexity index is 718. The van der Waals surface area contributed by atoms with Gasteiger partial charge in [-0.2, -0.15) is 8.78 Å². The van der Waals surface area contributed by atoms with Crippen molar-refractivity contribution in [3.05, 3.63) is 56.6 Å². The van der Waals surface area contributed by atoms with E-state index in [1.165, 1.54) is 6.20 Å². The number of imidazole rings is 1. The second kappa shape index (κ2) is 6.11. The minimum atomic E-state index is -2.79. The number of nitrogens with one attached hydrogen (secondary N) is 1. The van der Waals surface area contributed by atoms with Crippen LogP contribution in [0.25, 0.3) is 0 Å². The number of non-ortho nitro benzene ring substituents is 1. The van der Waals surface area contributed by atoms with Gasteiger partial charge in [0, 0.05) is 18.5 Å². The molecule has 0 aliphatic rings. The fraction of sp³-hybridized carbons (Fsp3) is 0.182. The van der Waals surface area contributed by atoms with Crippen molar-refractivity contribution in [2.45, 2.75) is 13.1 Å². The Morgan fingerprint density at radius 2 is 2.00 bits per heavy atom. The molecule has 0 bridgehead atoms. The first-order valence-corrected chi connectivity index (χ1v) is 5.86. The molecule has 1 aromatic heterocycles. The lowest BCUT2D eigenvalue weighted by Gasteiger charge is -2.09. The van der Waals surface area contributed by atoms with Crippen molar-refractivity contribution in [2.24, 2.45) is 0 Å². The standard InChI is InChI=1S/C11H9F2N5O4/c12-11(13)16-4-3-14-10(16)6-15-8-2-1-7(17(19)20)5-9(8)18(21)22/h1-5,11,15H,6H2. The van der Waals surface area contributed by atoms with Crippen molar-refractivity contribution in [1.82, 2.24) is 9.55 Å². The average Bonchev–Trinajstić information content (AvgIpc) is 2.93. The number of halogens is 2. The topological polar surface area (TPSA) is 116 Å². The minimum absolute atomic E-state index is 0.0253. The normalized spacial score (nSPS) is 10.7. The maximum Gasteiger partial charge on any atom is 0.319 e. The van der Waals surface area contributed by atoms with Crippen molar-refractivity contribution in [3.63, 3.8) is 0 Å². The first-order chi connectivity index (χ1) is 10.4. The molecule has 0 atom stereocenters. The van der Waals surface area contributed by atoms with E-state index < -0.39 is 27.8 Å². The van der Waals surface area contributed by atoms with Gasteiger partial charge in [-0.3, -0.25) is 24.8 Å². The summed E-state index contributed by atoms with van der Waals surface area (Å²) in [5.41, 5.74) is -0.991. The Hall–Kier alpha value is -3.11. The van der Waals surface area contributed by atoms with Gasteiger partial charge >= 0.3 is 6.55 Å². The van der Waals surface area contributed by atoms with Gasteiger partial charge in [0.25, 0.3) is 11.4 Å². The second-order valence-corrected chi connectivity index (χ2v) is 4.10. The zero-order chi connectivity index (χ0) is 16.3. The summed E-state index contributed by atoms with van der Waals surface area (Å²) in [4.78, 5) is 23.7. The molecule has 22 heavy (non-hydrogen) atoms. The highest BCUT2D eigenvalue weighted by molar-refractivity contribution is 5.65. The van der Waals surface area contributed by atoms with Crippen LogP contribution in [0.15, 0.2) is 30.6 Å². The van der Waals surface area contributed by atoms with Crippen LogP contribution in [0.1, 0.15) is 12.4 Å². The second-order valence-electron chi connectivity index (χ2n) is 4.10. The van der Waals surface area contributed by atoms with Gasteiger partial charge in [-0.05, 0) is 6.07 Å². The number of hydrogen-bond donors (Lipinski definition) is 1. The first-order valence-electron chi connectivity index (χ1n) is 5.86. The summed E-state index contributed by atoms with van der Waals surface area (Å²) in [5, 5.41) is 24.1. The van der Waals surface area contributed by atoms with Gasteiger partial charge in [0.15, 0.2) is 0 Å². The van der Waals surface area contributed by atoms with Crippen LogP contribution in [-0.2, 0) is 6.54 Å². The number of rotatable bonds is 6. The van der Waals surface area contributed by atoms with Gasteiger partial charge in [0.1, 0.15) is 11.5 Å². The number of nitro benzene ring substituents is 2. The van der Waals surface area contributed by atoms with Gasteiger partial charge in [-0.1, -0.05) is 0 Å². The molecule has 9 nitrogen and oxygen atoms in total. The predicted molar refractivity (Wildman–Crippen MR) is 70.6 cm³/mol. The highest BCUT2D eigenvalue weighted by atomic mass is 19.3. The minimum Gasteiger partial charge on any atom is -0.372 e. The molecule has 2 aromatic rings. The molecule has 0 saturated heterocycles. The molecule has 0 aliphatic heterocycles. The molecule has 0 radical (unpaired) electrons. The van der Waals surface area contributed by atoms with Gasteiger partial charge in [0.2, 0.25) is 0 Å². The molecule has 11 heteroatoms. The first kappa shape index (κ1) is 15.3. The van der Waals surface area contributed by atoms with Gasteiger partial charge in [0.05, 0.1) is 22.5 Å². The van der Waals surface area contributed by atoms with Crippen molar-refractivity contribution in [3.8, 4) is 0 Å². The van der Waals surface area contributed by atoms with Gasteiger partial charge in [-0.25, -0.2) is 4.98 Å². The van der Waals surface area contributed by atoms with Gasteiger partial charge in [-0.15, -0.1) is 0 Å². The number of benzene rings is 1. The van der Waals surface area contributed by atoms with E-state index in [0.717, 1.165) is 24.4 Å². The third kappa shape index (κ3) is 3.13. The van der Waals surface area contributed by atoms with Crippen molar-refractivity contribution < 1.29 is 18.6 Å². The van der Waals surface area contributed by atoms with Crippen molar-refractivity contribution in [2.75, 3.05) is 5.32 Å². The molecule has 0 amide bonds. The fourth-order valence-electron chi connectivity index (χ4n) is 1.77. The zero-order valence-electron chi connectivity index (χ0n) is 10.8. The van der Waals surface area contributed by atoms with Crippen LogP contribution in [0.3, 0.4) is 0 Å². The summed E-state index contributed by atoms with van der Waals surface area (Å²) < 4.78 is 25.9. The Kier molecular flexibility index (Phi) is 4.25. The molecule has 0 unspecified atom stereocenters.